The van der Waals surface area contributed by atoms with Crippen LogP contribution in [0.1, 0.15) is 46.0 Å². The second kappa shape index (κ2) is 8.48. The molecule has 8 heteroatoms. The molecule has 1 amide bonds. The third-order valence-electron chi connectivity index (χ3n) is 5.34. The minimum atomic E-state index is -3.28. The van der Waals surface area contributed by atoms with Crippen molar-refractivity contribution in [1.82, 2.24) is 4.72 Å². The Balaban J connectivity index is 1.51. The van der Waals surface area contributed by atoms with Crippen molar-refractivity contribution in [2.75, 3.05) is 18.5 Å². The molecule has 150 valence electrons. The first-order valence-corrected chi connectivity index (χ1v) is 11.2. The molecule has 1 aromatic carbocycles. The normalized spacial score (nSPS) is 23.5. The summed E-state index contributed by atoms with van der Waals surface area (Å²) in [6.45, 7) is 4.61. The maximum absolute atomic E-state index is 12.6. The largest absolute Gasteiger partial charge is 0.486 e. The molecule has 1 heterocycles. The van der Waals surface area contributed by atoms with Crippen molar-refractivity contribution in [2.24, 2.45) is 5.92 Å². The number of rotatable bonds is 6. The number of ether oxygens (including phenoxy) is 2. The molecule has 1 unspecified atom stereocenters. The van der Waals surface area contributed by atoms with Gasteiger partial charge in [-0.05, 0) is 51.2 Å². The van der Waals surface area contributed by atoms with Crippen LogP contribution in [0.4, 0.5) is 5.69 Å². The summed E-state index contributed by atoms with van der Waals surface area (Å²) in [6, 6.07) is 5.29. The number of benzene rings is 1. The SMILES string of the molecule is CCC(C)S(=O)(=O)NC1CCC(C(=O)Nc2ccc3c(c2)OCCO3)CC1. The first-order valence-electron chi connectivity index (χ1n) is 9.60. The summed E-state index contributed by atoms with van der Waals surface area (Å²) >= 11 is 0. The second-order valence-corrected chi connectivity index (χ2v) is 9.41. The fourth-order valence-corrected chi connectivity index (χ4v) is 4.78. The van der Waals surface area contributed by atoms with E-state index < -0.39 is 15.3 Å². The van der Waals surface area contributed by atoms with Gasteiger partial charge in [-0.1, -0.05) is 6.92 Å². The number of hydrogen-bond acceptors (Lipinski definition) is 5. The Morgan fingerprint density at radius 3 is 2.48 bits per heavy atom. The highest BCUT2D eigenvalue weighted by Crippen LogP contribution is 2.33. The van der Waals surface area contributed by atoms with E-state index in [9.17, 15) is 13.2 Å². The van der Waals surface area contributed by atoms with Crippen LogP contribution in [0, 0.1) is 5.92 Å². The van der Waals surface area contributed by atoms with Crippen LogP contribution in [0.5, 0.6) is 11.5 Å². The zero-order valence-corrected chi connectivity index (χ0v) is 16.7. The van der Waals surface area contributed by atoms with Gasteiger partial charge in [0.25, 0.3) is 0 Å². The van der Waals surface area contributed by atoms with Crippen LogP contribution >= 0.6 is 0 Å². The van der Waals surface area contributed by atoms with E-state index in [1.807, 2.05) is 6.92 Å². The number of amides is 1. The summed E-state index contributed by atoms with van der Waals surface area (Å²) in [6.07, 6.45) is 3.28. The molecule has 27 heavy (non-hydrogen) atoms. The molecule has 2 N–H and O–H groups in total. The van der Waals surface area contributed by atoms with Gasteiger partial charge in [0.1, 0.15) is 13.2 Å². The lowest BCUT2D eigenvalue weighted by atomic mass is 9.86. The van der Waals surface area contributed by atoms with Crippen molar-refractivity contribution < 1.29 is 22.7 Å². The Morgan fingerprint density at radius 2 is 1.81 bits per heavy atom. The number of hydrogen-bond donors (Lipinski definition) is 2. The summed E-state index contributed by atoms with van der Waals surface area (Å²) in [5.41, 5.74) is 0.684. The molecule has 0 radical (unpaired) electrons. The molecule has 3 rings (SSSR count). The first-order chi connectivity index (χ1) is 12.9. The van der Waals surface area contributed by atoms with Crippen LogP contribution in [-0.2, 0) is 14.8 Å². The van der Waals surface area contributed by atoms with E-state index >= 15 is 0 Å². The van der Waals surface area contributed by atoms with Gasteiger partial charge >= 0.3 is 0 Å². The number of carbonyl (C=O) groups is 1. The highest BCUT2D eigenvalue weighted by Gasteiger charge is 2.30. The first kappa shape index (κ1) is 19.9. The molecule has 7 nitrogen and oxygen atoms in total. The number of anilines is 1. The minimum absolute atomic E-state index is 0.0325. The summed E-state index contributed by atoms with van der Waals surface area (Å²) in [5, 5.41) is 2.54. The van der Waals surface area contributed by atoms with Crippen LogP contribution in [0.15, 0.2) is 18.2 Å². The molecular formula is C19H28N2O5S. The fraction of sp³-hybridized carbons (Fsp3) is 0.632. The second-order valence-electron chi connectivity index (χ2n) is 7.28. The Kier molecular flexibility index (Phi) is 6.26. The quantitative estimate of drug-likeness (QED) is 0.771. The maximum Gasteiger partial charge on any atom is 0.227 e. The van der Waals surface area contributed by atoms with Crippen LogP contribution in [0.3, 0.4) is 0 Å². The number of nitrogens with one attached hydrogen (secondary N) is 2. The van der Waals surface area contributed by atoms with E-state index in [1.165, 1.54) is 0 Å². The van der Waals surface area contributed by atoms with Gasteiger partial charge in [-0.25, -0.2) is 13.1 Å². The van der Waals surface area contributed by atoms with Gasteiger partial charge in [0, 0.05) is 23.7 Å². The number of fused-ring (bicyclic) bond motifs is 1. The van der Waals surface area contributed by atoms with E-state index in [2.05, 4.69) is 10.0 Å². The summed E-state index contributed by atoms with van der Waals surface area (Å²) in [7, 11) is -3.28. The molecule has 1 aromatic rings. The van der Waals surface area contributed by atoms with Crippen LogP contribution in [-0.4, -0.2) is 38.8 Å². The van der Waals surface area contributed by atoms with Gasteiger partial charge in [-0.3, -0.25) is 4.79 Å². The van der Waals surface area contributed by atoms with Crippen molar-refractivity contribution in [3.05, 3.63) is 18.2 Å². The Morgan fingerprint density at radius 1 is 1.15 bits per heavy atom. The molecule has 0 bridgehead atoms. The lowest BCUT2D eigenvalue weighted by Crippen LogP contribution is -2.42. The molecule has 0 aromatic heterocycles. The molecule has 1 aliphatic carbocycles. The zero-order valence-electron chi connectivity index (χ0n) is 15.9. The van der Waals surface area contributed by atoms with Crippen molar-refractivity contribution in [3.63, 3.8) is 0 Å². The van der Waals surface area contributed by atoms with E-state index in [4.69, 9.17) is 9.47 Å². The van der Waals surface area contributed by atoms with Gasteiger partial charge in [0.2, 0.25) is 15.9 Å². The summed E-state index contributed by atoms with van der Waals surface area (Å²) in [4.78, 5) is 12.6. The van der Waals surface area contributed by atoms with E-state index in [0.29, 0.717) is 62.5 Å². The third kappa shape index (κ3) is 4.93. The zero-order chi connectivity index (χ0) is 19.4. The molecule has 1 atom stereocenters. The van der Waals surface area contributed by atoms with Crippen LogP contribution < -0.4 is 19.5 Å². The van der Waals surface area contributed by atoms with Crippen LogP contribution in [0.25, 0.3) is 0 Å². The minimum Gasteiger partial charge on any atom is -0.486 e. The predicted molar refractivity (Wildman–Crippen MR) is 104 cm³/mol. The fourth-order valence-electron chi connectivity index (χ4n) is 3.41. The number of sulfonamides is 1. The summed E-state index contributed by atoms with van der Waals surface area (Å²) in [5.74, 6) is 1.19. The molecular weight excluding hydrogens is 368 g/mol. The number of carbonyl (C=O) groups excluding carboxylic acids is 1. The Labute approximate surface area is 160 Å². The molecule has 1 saturated carbocycles. The maximum atomic E-state index is 12.6. The highest BCUT2D eigenvalue weighted by molar-refractivity contribution is 7.90. The van der Waals surface area contributed by atoms with Gasteiger partial charge < -0.3 is 14.8 Å². The monoisotopic (exact) mass is 396 g/mol. The average molecular weight is 397 g/mol. The lowest BCUT2D eigenvalue weighted by molar-refractivity contribution is -0.120. The molecule has 1 fully saturated rings. The van der Waals surface area contributed by atoms with E-state index in [-0.39, 0.29) is 17.9 Å². The van der Waals surface area contributed by atoms with Gasteiger partial charge in [-0.2, -0.15) is 0 Å². The van der Waals surface area contributed by atoms with Gasteiger partial charge in [0.05, 0.1) is 5.25 Å². The molecule has 2 aliphatic rings. The van der Waals surface area contributed by atoms with Gasteiger partial charge in [-0.15, -0.1) is 0 Å². The van der Waals surface area contributed by atoms with E-state index in [1.54, 1.807) is 25.1 Å². The topological polar surface area (TPSA) is 93.7 Å². The van der Waals surface area contributed by atoms with Crippen molar-refractivity contribution >= 4 is 21.6 Å². The third-order valence-corrected chi connectivity index (χ3v) is 7.40. The van der Waals surface area contributed by atoms with Crippen molar-refractivity contribution in [3.8, 4) is 11.5 Å². The van der Waals surface area contributed by atoms with E-state index in [0.717, 1.165) is 0 Å². The van der Waals surface area contributed by atoms with Crippen LogP contribution in [0.2, 0.25) is 0 Å². The lowest BCUT2D eigenvalue weighted by Gasteiger charge is -2.29. The van der Waals surface area contributed by atoms with Crippen molar-refractivity contribution in [2.45, 2.75) is 57.2 Å². The molecule has 1 aliphatic heterocycles. The molecule has 0 saturated heterocycles. The highest BCUT2D eigenvalue weighted by atomic mass is 32.2. The van der Waals surface area contributed by atoms with Gasteiger partial charge in [0.15, 0.2) is 11.5 Å². The predicted octanol–water partition coefficient (Wildman–Crippen LogP) is 2.67. The smallest absolute Gasteiger partial charge is 0.227 e. The Bertz CT molecular complexity index is 772. The molecule has 0 spiro atoms. The average Bonchev–Trinajstić information content (AvgIpc) is 2.67. The Hall–Kier alpha value is -1.80. The van der Waals surface area contributed by atoms with Crippen molar-refractivity contribution in [1.29, 1.82) is 0 Å². The summed E-state index contributed by atoms with van der Waals surface area (Å²) < 4.78 is 38.2. The standard InChI is InChI=1S/C19H28N2O5S/c1-3-13(2)27(23,24)21-15-6-4-14(5-7-15)19(22)20-16-8-9-17-18(12-16)26-11-10-25-17/h8-9,12-15,21H,3-7,10-11H2,1-2H3,(H,20,22).